The summed E-state index contributed by atoms with van der Waals surface area (Å²) in [6.45, 7) is 4.27. The molecule has 0 aliphatic carbocycles. The van der Waals surface area contributed by atoms with Gasteiger partial charge in [-0.1, -0.05) is 17.3 Å². The van der Waals surface area contributed by atoms with Crippen LogP contribution in [-0.2, 0) is 6.54 Å². The second kappa shape index (κ2) is 7.56. The van der Waals surface area contributed by atoms with Crippen LogP contribution in [0.4, 0.5) is 10.3 Å². The van der Waals surface area contributed by atoms with Gasteiger partial charge in [0.05, 0.1) is 17.0 Å². The predicted octanol–water partition coefficient (Wildman–Crippen LogP) is 4.56. The molecule has 1 N–H and O–H groups in total. The minimum Gasteiger partial charge on any atom is -0.356 e. The largest absolute Gasteiger partial charge is 0.356 e. The van der Waals surface area contributed by atoms with Gasteiger partial charge in [0.2, 0.25) is 5.95 Å². The fourth-order valence-corrected chi connectivity index (χ4v) is 2.86. The van der Waals surface area contributed by atoms with Gasteiger partial charge in [-0.3, -0.25) is 4.98 Å². The Morgan fingerprint density at radius 3 is 2.57 bits per heavy atom. The van der Waals surface area contributed by atoms with Crippen LogP contribution in [0.15, 0.2) is 59.4 Å². The van der Waals surface area contributed by atoms with Crippen molar-refractivity contribution in [1.82, 2.24) is 20.1 Å². The van der Waals surface area contributed by atoms with Crippen LogP contribution in [-0.4, -0.2) is 20.1 Å². The minimum absolute atomic E-state index is 0.263. The van der Waals surface area contributed by atoms with Crippen molar-refractivity contribution in [3.8, 4) is 22.6 Å². The van der Waals surface area contributed by atoms with Crippen molar-refractivity contribution in [3.05, 3.63) is 77.6 Å². The van der Waals surface area contributed by atoms with Crippen LogP contribution in [0.2, 0.25) is 0 Å². The summed E-state index contributed by atoms with van der Waals surface area (Å²) in [4.78, 5) is 13.5. The first kappa shape index (κ1) is 17.8. The van der Waals surface area contributed by atoms with Gasteiger partial charge in [0.25, 0.3) is 0 Å². The van der Waals surface area contributed by atoms with Crippen LogP contribution in [0.1, 0.15) is 17.0 Å². The van der Waals surface area contributed by atoms with E-state index in [-0.39, 0.29) is 5.82 Å². The number of halogens is 1. The molecule has 4 aromatic rings. The predicted molar refractivity (Wildman–Crippen MR) is 104 cm³/mol. The van der Waals surface area contributed by atoms with Gasteiger partial charge in [0, 0.05) is 36.3 Å². The standard InChI is InChI=1S/C21H18FN5O/c1-13-10-19(28-27-13)18-12-25-21(24-11-15-5-7-16(22)8-6-15)26-20(18)17-4-3-9-23-14(17)2/h3-10,12H,11H2,1-2H3,(H,24,25,26). The van der Waals surface area contributed by atoms with Crippen molar-refractivity contribution in [2.45, 2.75) is 20.4 Å². The molecule has 0 saturated heterocycles. The Bertz CT molecular complexity index is 1110. The highest BCUT2D eigenvalue weighted by Crippen LogP contribution is 2.32. The molecule has 3 heterocycles. The molecule has 28 heavy (non-hydrogen) atoms. The molecule has 0 aliphatic rings. The van der Waals surface area contributed by atoms with E-state index in [1.165, 1.54) is 12.1 Å². The smallest absolute Gasteiger partial charge is 0.223 e. The fraction of sp³-hybridized carbons (Fsp3) is 0.143. The number of hydrogen-bond acceptors (Lipinski definition) is 6. The summed E-state index contributed by atoms with van der Waals surface area (Å²) < 4.78 is 18.5. The van der Waals surface area contributed by atoms with Gasteiger partial charge >= 0.3 is 0 Å². The fourth-order valence-electron chi connectivity index (χ4n) is 2.86. The Morgan fingerprint density at radius 2 is 1.86 bits per heavy atom. The van der Waals surface area contributed by atoms with E-state index < -0.39 is 0 Å². The lowest BCUT2D eigenvalue weighted by molar-refractivity contribution is 0.427. The molecule has 0 spiro atoms. The average Bonchev–Trinajstić information content (AvgIpc) is 3.14. The second-order valence-electron chi connectivity index (χ2n) is 6.40. The van der Waals surface area contributed by atoms with Crippen LogP contribution in [0, 0.1) is 19.7 Å². The second-order valence-corrected chi connectivity index (χ2v) is 6.40. The van der Waals surface area contributed by atoms with E-state index in [9.17, 15) is 4.39 Å². The maximum atomic E-state index is 13.1. The molecular weight excluding hydrogens is 357 g/mol. The monoisotopic (exact) mass is 375 g/mol. The normalized spacial score (nSPS) is 10.8. The third-order valence-corrected chi connectivity index (χ3v) is 4.31. The summed E-state index contributed by atoms with van der Waals surface area (Å²) >= 11 is 0. The molecule has 0 atom stereocenters. The summed E-state index contributed by atoms with van der Waals surface area (Å²) in [6.07, 6.45) is 3.45. The third-order valence-electron chi connectivity index (χ3n) is 4.31. The van der Waals surface area contributed by atoms with Crippen LogP contribution in [0.25, 0.3) is 22.6 Å². The molecule has 0 fully saturated rings. The van der Waals surface area contributed by atoms with Crippen molar-refractivity contribution >= 4 is 5.95 Å². The zero-order valence-electron chi connectivity index (χ0n) is 15.5. The highest BCUT2D eigenvalue weighted by atomic mass is 19.1. The number of aromatic nitrogens is 4. The molecule has 4 rings (SSSR count). The maximum Gasteiger partial charge on any atom is 0.223 e. The van der Waals surface area contributed by atoms with Crippen molar-refractivity contribution < 1.29 is 8.91 Å². The van der Waals surface area contributed by atoms with Crippen LogP contribution in [0.5, 0.6) is 0 Å². The molecule has 0 saturated carbocycles. The number of nitrogens with zero attached hydrogens (tertiary/aromatic N) is 4. The van der Waals surface area contributed by atoms with Crippen molar-refractivity contribution in [3.63, 3.8) is 0 Å². The average molecular weight is 375 g/mol. The van der Waals surface area contributed by atoms with Crippen molar-refractivity contribution in [1.29, 1.82) is 0 Å². The van der Waals surface area contributed by atoms with Gasteiger partial charge in [-0.05, 0) is 43.7 Å². The van der Waals surface area contributed by atoms with E-state index in [0.717, 1.165) is 28.1 Å². The number of rotatable bonds is 5. The van der Waals surface area contributed by atoms with Gasteiger partial charge in [-0.2, -0.15) is 0 Å². The number of nitrogens with one attached hydrogen (secondary N) is 1. The summed E-state index contributed by atoms with van der Waals surface area (Å²) in [5.41, 5.74) is 4.89. The summed E-state index contributed by atoms with van der Waals surface area (Å²) in [5.74, 6) is 0.796. The van der Waals surface area contributed by atoms with Crippen LogP contribution >= 0.6 is 0 Å². The third kappa shape index (κ3) is 3.73. The molecule has 140 valence electrons. The zero-order chi connectivity index (χ0) is 19.5. The van der Waals surface area contributed by atoms with E-state index >= 15 is 0 Å². The van der Waals surface area contributed by atoms with Crippen LogP contribution in [0.3, 0.4) is 0 Å². The molecule has 3 aromatic heterocycles. The number of benzene rings is 1. The molecule has 6 nitrogen and oxygen atoms in total. The van der Waals surface area contributed by atoms with Gasteiger partial charge < -0.3 is 9.84 Å². The Labute approximate surface area is 161 Å². The molecule has 1 aromatic carbocycles. The molecule has 0 unspecified atom stereocenters. The van der Waals surface area contributed by atoms with Gasteiger partial charge in [0.15, 0.2) is 5.76 Å². The first-order chi connectivity index (χ1) is 13.6. The highest BCUT2D eigenvalue weighted by Gasteiger charge is 2.17. The number of pyridine rings is 1. The Kier molecular flexibility index (Phi) is 4.80. The molecular formula is C21H18FN5O. The minimum atomic E-state index is -0.263. The van der Waals surface area contributed by atoms with E-state index in [0.29, 0.717) is 23.9 Å². The Balaban J connectivity index is 1.71. The van der Waals surface area contributed by atoms with Crippen molar-refractivity contribution in [2.75, 3.05) is 5.32 Å². The van der Waals surface area contributed by atoms with Crippen LogP contribution < -0.4 is 5.32 Å². The maximum absolute atomic E-state index is 13.1. The Hall–Kier alpha value is -3.61. The SMILES string of the molecule is Cc1cc(-c2cnc(NCc3ccc(F)cc3)nc2-c2cccnc2C)on1. The zero-order valence-corrected chi connectivity index (χ0v) is 15.5. The molecule has 0 bridgehead atoms. The van der Waals surface area contributed by atoms with E-state index in [2.05, 4.69) is 20.4 Å². The van der Waals surface area contributed by atoms with E-state index in [1.54, 1.807) is 24.5 Å². The number of aryl methyl sites for hydroxylation is 2. The number of hydrogen-bond donors (Lipinski definition) is 1. The molecule has 0 aliphatic heterocycles. The molecule has 7 heteroatoms. The number of anilines is 1. The summed E-state index contributed by atoms with van der Waals surface area (Å²) in [6, 6.07) is 12.0. The Morgan fingerprint density at radius 1 is 1.04 bits per heavy atom. The lowest BCUT2D eigenvalue weighted by Gasteiger charge is -2.11. The highest BCUT2D eigenvalue weighted by molar-refractivity contribution is 5.79. The first-order valence-corrected chi connectivity index (χ1v) is 8.81. The summed E-state index contributed by atoms with van der Waals surface area (Å²) in [5, 5.41) is 7.15. The van der Waals surface area contributed by atoms with E-state index in [1.807, 2.05) is 32.0 Å². The lowest BCUT2D eigenvalue weighted by atomic mass is 10.0. The van der Waals surface area contributed by atoms with E-state index in [4.69, 9.17) is 9.51 Å². The quantitative estimate of drug-likeness (QED) is 0.551. The molecule has 0 radical (unpaired) electrons. The first-order valence-electron chi connectivity index (χ1n) is 8.81. The van der Waals surface area contributed by atoms with Crippen molar-refractivity contribution in [2.24, 2.45) is 0 Å². The van der Waals surface area contributed by atoms with Gasteiger partial charge in [0.1, 0.15) is 5.82 Å². The molecule has 0 amide bonds. The van der Waals surface area contributed by atoms with Gasteiger partial charge in [-0.25, -0.2) is 14.4 Å². The topological polar surface area (TPSA) is 76.7 Å². The van der Waals surface area contributed by atoms with Gasteiger partial charge in [-0.15, -0.1) is 0 Å². The lowest BCUT2D eigenvalue weighted by Crippen LogP contribution is -2.05. The summed E-state index contributed by atoms with van der Waals surface area (Å²) in [7, 11) is 0.